The number of amides is 1. The van der Waals surface area contributed by atoms with Crippen LogP contribution < -0.4 is 10.1 Å². The Kier molecular flexibility index (Phi) is 4.57. The molecular formula is C21H21F3N2O2. The van der Waals surface area contributed by atoms with Crippen LogP contribution in [0.25, 0.3) is 11.1 Å². The fourth-order valence-electron chi connectivity index (χ4n) is 4.26. The summed E-state index contributed by atoms with van der Waals surface area (Å²) in [6, 6.07) is 13.5. The highest BCUT2D eigenvalue weighted by Gasteiger charge is 2.50. The summed E-state index contributed by atoms with van der Waals surface area (Å²) in [6.45, 7) is 0.737. The van der Waals surface area contributed by atoms with E-state index in [1.165, 1.54) is 12.1 Å². The Morgan fingerprint density at radius 3 is 2.64 bits per heavy atom. The maximum atomic E-state index is 12.7. The molecular weight excluding hydrogens is 369 g/mol. The molecule has 0 unspecified atom stereocenters. The number of hydrogen-bond acceptors (Lipinski definition) is 3. The Morgan fingerprint density at radius 1 is 1.14 bits per heavy atom. The number of nitrogens with one attached hydrogen (secondary N) is 1. The lowest BCUT2D eigenvalue weighted by molar-refractivity contribution is -0.274. The van der Waals surface area contributed by atoms with Crippen molar-refractivity contribution in [2.24, 2.45) is 0 Å². The molecule has 4 nitrogen and oxygen atoms in total. The fourth-order valence-corrected chi connectivity index (χ4v) is 4.26. The fraction of sp³-hybridized carbons (Fsp3) is 0.381. The van der Waals surface area contributed by atoms with Crippen LogP contribution in [0.5, 0.6) is 5.75 Å². The average molecular weight is 390 g/mol. The van der Waals surface area contributed by atoms with Crippen LogP contribution in [0.1, 0.15) is 30.9 Å². The summed E-state index contributed by atoms with van der Waals surface area (Å²) in [6.07, 6.45) is -2.40. The van der Waals surface area contributed by atoms with Crippen LogP contribution >= 0.6 is 0 Å². The lowest BCUT2D eigenvalue weighted by atomic mass is 9.95. The monoisotopic (exact) mass is 390 g/mol. The second kappa shape index (κ2) is 6.81. The zero-order chi connectivity index (χ0) is 19.9. The van der Waals surface area contributed by atoms with Gasteiger partial charge in [-0.3, -0.25) is 10.1 Å². The second-order valence-electron chi connectivity index (χ2n) is 7.46. The number of ether oxygens (including phenoxy) is 1. The molecule has 0 aliphatic carbocycles. The van der Waals surface area contributed by atoms with Crippen LogP contribution in [0.15, 0.2) is 48.5 Å². The third-order valence-corrected chi connectivity index (χ3v) is 5.65. The highest BCUT2D eigenvalue weighted by atomic mass is 19.4. The normalized spacial score (nSPS) is 24.9. The average Bonchev–Trinajstić information content (AvgIpc) is 3.21. The van der Waals surface area contributed by atoms with Crippen LogP contribution in [0.3, 0.4) is 0 Å². The molecule has 1 spiro atoms. The lowest BCUT2D eigenvalue weighted by Gasteiger charge is -2.23. The van der Waals surface area contributed by atoms with Crippen molar-refractivity contribution in [2.45, 2.75) is 37.2 Å². The number of alkyl halides is 3. The number of hydrogen-bond donors (Lipinski definition) is 1. The van der Waals surface area contributed by atoms with Gasteiger partial charge in [-0.2, -0.15) is 0 Å². The Bertz CT molecular complexity index is 899. The molecule has 2 aromatic carbocycles. The molecule has 1 amide bonds. The maximum Gasteiger partial charge on any atom is 0.573 e. The maximum absolute atomic E-state index is 12.7. The molecule has 0 bridgehead atoms. The van der Waals surface area contributed by atoms with Crippen molar-refractivity contribution in [3.8, 4) is 16.9 Å². The number of benzene rings is 2. The van der Waals surface area contributed by atoms with Gasteiger partial charge in [0.2, 0.25) is 5.91 Å². The number of carbonyl (C=O) groups is 1. The summed E-state index contributed by atoms with van der Waals surface area (Å²) < 4.78 is 42.4. The van der Waals surface area contributed by atoms with Crippen molar-refractivity contribution in [3.63, 3.8) is 0 Å². The molecule has 2 atom stereocenters. The highest BCUT2D eigenvalue weighted by Crippen LogP contribution is 2.40. The molecule has 28 heavy (non-hydrogen) atoms. The summed E-state index contributed by atoms with van der Waals surface area (Å²) in [5, 5.41) is 3.49. The van der Waals surface area contributed by atoms with E-state index in [0.717, 1.165) is 31.4 Å². The molecule has 4 rings (SSSR count). The molecule has 148 valence electrons. The number of likely N-dealkylation sites (N-methyl/N-ethyl adjacent to an activating group) is 1. The molecule has 2 fully saturated rings. The van der Waals surface area contributed by atoms with Gasteiger partial charge in [0.15, 0.2) is 0 Å². The van der Waals surface area contributed by atoms with Gasteiger partial charge < -0.3 is 9.64 Å². The van der Waals surface area contributed by atoms with Gasteiger partial charge in [0, 0.05) is 25.2 Å². The molecule has 2 saturated heterocycles. The summed E-state index contributed by atoms with van der Waals surface area (Å²) in [7, 11) is 1.81. The number of nitrogens with zero attached hydrogens (tertiary/aromatic N) is 1. The van der Waals surface area contributed by atoms with Crippen LogP contribution in [0.2, 0.25) is 0 Å². The van der Waals surface area contributed by atoms with Gasteiger partial charge in [-0.1, -0.05) is 36.4 Å². The first-order valence-electron chi connectivity index (χ1n) is 9.26. The van der Waals surface area contributed by atoms with Crippen LogP contribution in [0, 0.1) is 0 Å². The van der Waals surface area contributed by atoms with Gasteiger partial charge in [0.1, 0.15) is 11.3 Å². The van der Waals surface area contributed by atoms with Crippen LogP contribution in [-0.2, 0) is 4.79 Å². The van der Waals surface area contributed by atoms with E-state index in [-0.39, 0.29) is 17.7 Å². The van der Waals surface area contributed by atoms with E-state index in [0.29, 0.717) is 11.1 Å². The number of carbonyl (C=O) groups excluding carboxylic acids is 1. The first-order valence-corrected chi connectivity index (χ1v) is 9.26. The van der Waals surface area contributed by atoms with Crippen molar-refractivity contribution in [1.82, 2.24) is 10.2 Å². The first kappa shape index (κ1) is 18.8. The Hall–Kier alpha value is -2.54. The van der Waals surface area contributed by atoms with Crippen molar-refractivity contribution in [3.05, 3.63) is 54.1 Å². The molecule has 0 saturated carbocycles. The Balaban J connectivity index is 1.61. The summed E-state index contributed by atoms with van der Waals surface area (Å²) in [5.41, 5.74) is 1.48. The van der Waals surface area contributed by atoms with E-state index in [4.69, 9.17) is 0 Å². The minimum absolute atomic E-state index is 0.00824. The van der Waals surface area contributed by atoms with Gasteiger partial charge >= 0.3 is 6.36 Å². The third kappa shape index (κ3) is 3.46. The number of likely N-dealkylation sites (tertiary alicyclic amines) is 1. The van der Waals surface area contributed by atoms with E-state index >= 15 is 0 Å². The minimum atomic E-state index is -4.75. The number of halogens is 3. The van der Waals surface area contributed by atoms with Crippen LogP contribution in [-0.4, -0.2) is 36.3 Å². The van der Waals surface area contributed by atoms with Crippen molar-refractivity contribution < 1.29 is 22.7 Å². The highest BCUT2D eigenvalue weighted by molar-refractivity contribution is 5.88. The first-order chi connectivity index (χ1) is 13.3. The Morgan fingerprint density at radius 2 is 1.93 bits per heavy atom. The van der Waals surface area contributed by atoms with E-state index in [1.807, 2.05) is 25.2 Å². The molecule has 2 aliphatic heterocycles. The van der Waals surface area contributed by atoms with Crippen molar-refractivity contribution in [2.75, 3.05) is 13.6 Å². The Labute approximate surface area is 161 Å². The standard InChI is InChI=1S/C21H21F3N2O2/c1-26-12-11-20(19(26)27)10-9-17(25-20)15-6-4-5-14(13-15)16-7-2-3-8-18(16)28-21(22,23)24/h2-8,13,17,25H,9-12H2,1H3/t17-,20+/m1/s1. The van der Waals surface area contributed by atoms with Gasteiger partial charge in [0.25, 0.3) is 0 Å². The second-order valence-corrected chi connectivity index (χ2v) is 7.46. The molecule has 0 radical (unpaired) electrons. The summed E-state index contributed by atoms with van der Waals surface area (Å²) >= 11 is 0. The predicted octanol–water partition coefficient (Wildman–Crippen LogP) is 4.28. The molecule has 2 aliphatic rings. The molecule has 0 aromatic heterocycles. The zero-order valence-electron chi connectivity index (χ0n) is 15.4. The number of rotatable bonds is 3. The summed E-state index contributed by atoms with van der Waals surface area (Å²) in [5.74, 6) is -0.106. The molecule has 2 aromatic rings. The van der Waals surface area contributed by atoms with E-state index in [2.05, 4.69) is 10.1 Å². The van der Waals surface area contributed by atoms with E-state index in [1.54, 1.807) is 23.1 Å². The molecule has 1 N–H and O–H groups in total. The zero-order valence-corrected chi connectivity index (χ0v) is 15.4. The third-order valence-electron chi connectivity index (χ3n) is 5.65. The van der Waals surface area contributed by atoms with Gasteiger partial charge in [0.05, 0.1) is 0 Å². The topological polar surface area (TPSA) is 41.6 Å². The van der Waals surface area contributed by atoms with Crippen LogP contribution in [0.4, 0.5) is 13.2 Å². The SMILES string of the molecule is CN1CC[C@@]2(CC[C@H](c3cccc(-c4ccccc4OC(F)(F)F)c3)N2)C1=O. The molecule has 7 heteroatoms. The van der Waals surface area contributed by atoms with Gasteiger partial charge in [-0.25, -0.2) is 0 Å². The molecule has 2 heterocycles. The van der Waals surface area contributed by atoms with Gasteiger partial charge in [-0.05, 0) is 42.5 Å². The minimum Gasteiger partial charge on any atom is -0.405 e. The summed E-state index contributed by atoms with van der Waals surface area (Å²) in [4.78, 5) is 14.3. The van der Waals surface area contributed by atoms with Gasteiger partial charge in [-0.15, -0.1) is 13.2 Å². The van der Waals surface area contributed by atoms with E-state index in [9.17, 15) is 18.0 Å². The smallest absolute Gasteiger partial charge is 0.405 e. The number of para-hydroxylation sites is 1. The predicted molar refractivity (Wildman–Crippen MR) is 98.7 cm³/mol. The quantitative estimate of drug-likeness (QED) is 0.851. The largest absolute Gasteiger partial charge is 0.573 e. The van der Waals surface area contributed by atoms with Crippen molar-refractivity contribution >= 4 is 5.91 Å². The van der Waals surface area contributed by atoms with Crippen molar-refractivity contribution in [1.29, 1.82) is 0 Å². The van der Waals surface area contributed by atoms with E-state index < -0.39 is 11.9 Å². The lowest BCUT2D eigenvalue weighted by Crippen LogP contribution is -2.47.